The molecule has 1 atom stereocenters. The predicted molar refractivity (Wildman–Crippen MR) is 117 cm³/mol. The molecule has 2 aromatic rings. The molecule has 1 aliphatic carbocycles. The first-order chi connectivity index (χ1) is 15.0. The van der Waals surface area contributed by atoms with Crippen molar-refractivity contribution in [1.82, 2.24) is 4.98 Å². The van der Waals surface area contributed by atoms with E-state index in [0.717, 1.165) is 25.7 Å². The summed E-state index contributed by atoms with van der Waals surface area (Å²) in [5.74, 6) is 0.0931. The summed E-state index contributed by atoms with van der Waals surface area (Å²) in [6, 6.07) is 3.09. The molecule has 0 bridgehead atoms. The molecule has 3 rings (SSSR count). The highest BCUT2D eigenvalue weighted by molar-refractivity contribution is 7.13. The van der Waals surface area contributed by atoms with E-state index in [0.29, 0.717) is 16.6 Å². The summed E-state index contributed by atoms with van der Waals surface area (Å²) in [5, 5.41) is 2.47. The van der Waals surface area contributed by atoms with Crippen LogP contribution < -0.4 is 19.1 Å². The zero-order valence-electron chi connectivity index (χ0n) is 18.3. The Morgan fingerprint density at radius 2 is 1.68 bits per heavy atom. The zero-order chi connectivity index (χ0) is 22.4. The fraction of sp³-hybridized carbons (Fsp3) is 0.500. The number of anilines is 1. The lowest BCUT2D eigenvalue weighted by Crippen LogP contribution is -2.47. The van der Waals surface area contributed by atoms with E-state index < -0.39 is 12.1 Å². The number of hydrogen-bond acceptors (Lipinski definition) is 8. The summed E-state index contributed by atoms with van der Waals surface area (Å²) in [7, 11) is 4.41. The molecule has 0 N–H and O–H groups in total. The van der Waals surface area contributed by atoms with E-state index in [1.54, 1.807) is 24.1 Å². The first-order valence-electron chi connectivity index (χ1n) is 10.2. The zero-order valence-corrected chi connectivity index (χ0v) is 19.1. The van der Waals surface area contributed by atoms with Crippen molar-refractivity contribution in [2.75, 3.05) is 26.2 Å². The van der Waals surface area contributed by atoms with Crippen molar-refractivity contribution in [1.29, 1.82) is 0 Å². The van der Waals surface area contributed by atoms with Crippen LogP contribution in [0, 0.1) is 0 Å². The maximum atomic E-state index is 13.3. The largest absolute Gasteiger partial charge is 0.496 e. The fourth-order valence-electron chi connectivity index (χ4n) is 3.76. The third kappa shape index (κ3) is 5.10. The molecule has 8 nitrogen and oxygen atoms in total. The number of benzene rings is 1. The summed E-state index contributed by atoms with van der Waals surface area (Å²) in [6.45, 7) is 1.58. The predicted octanol–water partition coefficient (Wildman–Crippen LogP) is 4.08. The van der Waals surface area contributed by atoms with Gasteiger partial charge < -0.3 is 18.9 Å². The van der Waals surface area contributed by atoms with Crippen LogP contribution in [0.15, 0.2) is 23.7 Å². The van der Waals surface area contributed by atoms with Crippen LogP contribution >= 0.6 is 11.3 Å². The number of rotatable bonds is 8. The van der Waals surface area contributed by atoms with Gasteiger partial charge in [-0.15, -0.1) is 11.3 Å². The first-order valence-corrected chi connectivity index (χ1v) is 11.1. The topological polar surface area (TPSA) is 87.2 Å². The molecule has 1 aromatic carbocycles. The Bertz CT molecular complexity index is 896. The minimum absolute atomic E-state index is 0.0594. The van der Waals surface area contributed by atoms with Gasteiger partial charge in [0.05, 0.1) is 21.3 Å². The quantitative estimate of drug-likeness (QED) is 0.562. The first kappa shape index (κ1) is 22.9. The van der Waals surface area contributed by atoms with Crippen LogP contribution in [-0.2, 0) is 9.53 Å². The van der Waals surface area contributed by atoms with Gasteiger partial charge in [-0.2, -0.15) is 0 Å². The third-order valence-electron chi connectivity index (χ3n) is 5.36. The van der Waals surface area contributed by atoms with Crippen LogP contribution in [0.2, 0.25) is 0 Å². The number of methoxy groups -OCH3 is 3. The summed E-state index contributed by atoms with van der Waals surface area (Å²) in [4.78, 5) is 32.3. The van der Waals surface area contributed by atoms with Crippen molar-refractivity contribution < 1.29 is 28.5 Å². The van der Waals surface area contributed by atoms with Crippen molar-refractivity contribution in [2.45, 2.75) is 51.2 Å². The number of nitrogens with zero attached hydrogens (tertiary/aromatic N) is 2. The second kappa shape index (κ2) is 10.5. The molecular formula is C22H28N2O6S. The lowest BCUT2D eigenvalue weighted by molar-refractivity contribution is -0.127. The van der Waals surface area contributed by atoms with Gasteiger partial charge in [-0.25, -0.2) is 9.78 Å². The van der Waals surface area contributed by atoms with Gasteiger partial charge in [0, 0.05) is 29.8 Å². The molecule has 31 heavy (non-hydrogen) atoms. The minimum atomic E-state index is -0.990. The van der Waals surface area contributed by atoms with Crippen molar-refractivity contribution >= 4 is 28.3 Å². The average Bonchev–Trinajstić information content (AvgIpc) is 3.33. The van der Waals surface area contributed by atoms with Gasteiger partial charge in [0.1, 0.15) is 11.3 Å². The second-order valence-electron chi connectivity index (χ2n) is 7.27. The van der Waals surface area contributed by atoms with Crippen LogP contribution in [0.1, 0.15) is 49.4 Å². The highest BCUT2D eigenvalue weighted by Crippen LogP contribution is 2.35. The highest BCUT2D eigenvalue weighted by atomic mass is 32.1. The van der Waals surface area contributed by atoms with E-state index in [1.165, 1.54) is 45.2 Å². The number of carbonyl (C=O) groups excluding carboxylic acids is 2. The summed E-state index contributed by atoms with van der Waals surface area (Å²) >= 11 is 1.40. The van der Waals surface area contributed by atoms with Gasteiger partial charge in [-0.1, -0.05) is 19.3 Å². The molecule has 0 radical (unpaired) electrons. The smallest absolute Gasteiger partial charge is 0.342 e. The fourth-order valence-corrected chi connectivity index (χ4v) is 4.48. The van der Waals surface area contributed by atoms with E-state index >= 15 is 0 Å². The van der Waals surface area contributed by atoms with Gasteiger partial charge in [0.15, 0.2) is 22.7 Å². The molecule has 0 saturated heterocycles. The van der Waals surface area contributed by atoms with E-state index in [-0.39, 0.29) is 23.3 Å². The Kier molecular flexibility index (Phi) is 7.73. The molecule has 1 amide bonds. The van der Waals surface area contributed by atoms with E-state index in [9.17, 15) is 9.59 Å². The Labute approximate surface area is 186 Å². The van der Waals surface area contributed by atoms with Crippen molar-refractivity contribution in [3.8, 4) is 17.2 Å². The number of aromatic nitrogens is 1. The molecule has 9 heteroatoms. The van der Waals surface area contributed by atoms with Crippen molar-refractivity contribution in [3.63, 3.8) is 0 Å². The van der Waals surface area contributed by atoms with E-state index in [4.69, 9.17) is 18.9 Å². The number of amides is 1. The number of hydrogen-bond donors (Lipinski definition) is 0. The summed E-state index contributed by atoms with van der Waals surface area (Å²) in [5.41, 5.74) is 0.151. The van der Waals surface area contributed by atoms with E-state index in [2.05, 4.69) is 4.98 Å². The number of ether oxygens (including phenoxy) is 4. The van der Waals surface area contributed by atoms with Gasteiger partial charge in [0.2, 0.25) is 0 Å². The van der Waals surface area contributed by atoms with Crippen LogP contribution in [0.25, 0.3) is 0 Å². The van der Waals surface area contributed by atoms with Gasteiger partial charge in [0.25, 0.3) is 5.91 Å². The second-order valence-corrected chi connectivity index (χ2v) is 8.14. The lowest BCUT2D eigenvalue weighted by Gasteiger charge is -2.33. The van der Waals surface area contributed by atoms with Gasteiger partial charge in [-0.3, -0.25) is 9.69 Å². The molecule has 1 aliphatic rings. The van der Waals surface area contributed by atoms with E-state index in [1.807, 2.05) is 5.38 Å². The number of carbonyl (C=O) groups is 2. The highest BCUT2D eigenvalue weighted by Gasteiger charge is 2.33. The molecule has 1 saturated carbocycles. The van der Waals surface area contributed by atoms with Crippen LogP contribution in [-0.4, -0.2) is 50.3 Å². The Morgan fingerprint density at radius 1 is 1.03 bits per heavy atom. The van der Waals surface area contributed by atoms with Crippen molar-refractivity contribution in [3.05, 3.63) is 29.3 Å². The molecule has 168 valence electrons. The van der Waals surface area contributed by atoms with Crippen molar-refractivity contribution in [2.24, 2.45) is 0 Å². The normalized spacial score (nSPS) is 15.1. The molecule has 0 aliphatic heterocycles. The number of esters is 1. The third-order valence-corrected chi connectivity index (χ3v) is 6.13. The van der Waals surface area contributed by atoms with Crippen LogP contribution in [0.5, 0.6) is 17.2 Å². The van der Waals surface area contributed by atoms with Crippen LogP contribution in [0.3, 0.4) is 0 Å². The standard InChI is InChI=1S/C22H28N2O6S/c1-14(20(25)24(22-23-10-11-31-22)15-8-6-5-7-9-15)30-21(26)16-12-18(28-3)19(29-4)13-17(16)27-2/h10-15H,5-9H2,1-4H3/t14-/m0/s1. The Morgan fingerprint density at radius 3 is 2.26 bits per heavy atom. The molecule has 1 heterocycles. The SMILES string of the molecule is COc1cc(OC)c(C(=O)O[C@@H](C)C(=O)N(c2nccs2)C2CCCCC2)cc1OC. The molecular weight excluding hydrogens is 420 g/mol. The maximum absolute atomic E-state index is 13.3. The Hall–Kier alpha value is -2.81. The molecule has 0 unspecified atom stereocenters. The lowest BCUT2D eigenvalue weighted by atomic mass is 9.94. The summed E-state index contributed by atoms with van der Waals surface area (Å²) < 4.78 is 21.4. The van der Waals surface area contributed by atoms with Gasteiger partial charge in [-0.05, 0) is 19.8 Å². The van der Waals surface area contributed by atoms with Crippen LogP contribution in [0.4, 0.5) is 5.13 Å². The maximum Gasteiger partial charge on any atom is 0.342 e. The summed E-state index contributed by atoms with van der Waals surface area (Å²) in [6.07, 6.45) is 5.81. The molecule has 0 spiro atoms. The van der Waals surface area contributed by atoms with Gasteiger partial charge >= 0.3 is 5.97 Å². The molecule has 1 aromatic heterocycles. The Balaban J connectivity index is 1.81. The minimum Gasteiger partial charge on any atom is -0.496 e. The number of thiazole rings is 1. The monoisotopic (exact) mass is 448 g/mol. The average molecular weight is 449 g/mol. The molecule has 1 fully saturated rings.